The molecule has 1 amide bonds. The molecule has 0 aliphatic rings. The van der Waals surface area contributed by atoms with E-state index < -0.39 is 4.75 Å². The first-order valence-corrected chi connectivity index (χ1v) is 11.3. The van der Waals surface area contributed by atoms with Crippen molar-refractivity contribution in [1.82, 2.24) is 0 Å². The first-order valence-electron chi connectivity index (χ1n) is 10.5. The van der Waals surface area contributed by atoms with Gasteiger partial charge in [-0.25, -0.2) is 0 Å². The molecule has 0 unspecified atom stereocenters. The highest BCUT2D eigenvalue weighted by atomic mass is 32.2. The van der Waals surface area contributed by atoms with Crippen molar-refractivity contribution in [2.45, 2.75) is 18.1 Å². The van der Waals surface area contributed by atoms with E-state index in [0.29, 0.717) is 0 Å². The van der Waals surface area contributed by atoms with Crippen LogP contribution in [0.15, 0.2) is 115 Å². The van der Waals surface area contributed by atoms with Gasteiger partial charge in [-0.05, 0) is 46.5 Å². The number of anilines is 1. The van der Waals surface area contributed by atoms with Crippen molar-refractivity contribution in [3.05, 3.63) is 138 Å². The Morgan fingerprint density at radius 2 is 1.10 bits per heavy atom. The van der Waals surface area contributed by atoms with Crippen LogP contribution in [-0.4, -0.2) is 5.24 Å². The summed E-state index contributed by atoms with van der Waals surface area (Å²) in [5.41, 5.74) is 5.19. The Morgan fingerprint density at radius 1 is 0.677 bits per heavy atom. The molecule has 0 saturated heterocycles. The number of carbonyl (C=O) groups excluding carboxylic acids is 1. The van der Waals surface area contributed by atoms with Crippen molar-refractivity contribution in [3.8, 4) is 0 Å². The Bertz CT molecular complexity index is 1030. The maximum absolute atomic E-state index is 13.5. The van der Waals surface area contributed by atoms with Crippen LogP contribution < -0.4 is 5.32 Å². The maximum Gasteiger partial charge on any atom is 0.285 e. The quantitative estimate of drug-likeness (QED) is 0.325. The molecule has 4 rings (SSSR count). The van der Waals surface area contributed by atoms with E-state index in [0.717, 1.165) is 34.4 Å². The first-order chi connectivity index (χ1) is 15.2. The second-order valence-corrected chi connectivity index (χ2v) is 8.49. The minimum Gasteiger partial charge on any atom is -0.317 e. The number of amides is 1. The van der Waals surface area contributed by atoms with Crippen molar-refractivity contribution in [1.29, 1.82) is 0 Å². The highest BCUT2D eigenvalue weighted by Crippen LogP contribution is 2.49. The Morgan fingerprint density at radius 3 is 1.55 bits per heavy atom. The van der Waals surface area contributed by atoms with Crippen molar-refractivity contribution < 1.29 is 4.79 Å². The van der Waals surface area contributed by atoms with Crippen LogP contribution in [-0.2, 0) is 11.2 Å². The SMILES string of the molecule is CCc1ccccc1NC(=O)SC(c1ccccc1)(c1ccccc1)c1ccccc1. The summed E-state index contributed by atoms with van der Waals surface area (Å²) in [6, 6.07) is 38.8. The van der Waals surface area contributed by atoms with Gasteiger partial charge in [0.1, 0.15) is 4.75 Å². The van der Waals surface area contributed by atoms with E-state index in [1.807, 2.05) is 72.8 Å². The summed E-state index contributed by atoms with van der Waals surface area (Å²) < 4.78 is -0.672. The lowest BCUT2D eigenvalue weighted by atomic mass is 9.84. The average Bonchev–Trinajstić information content (AvgIpc) is 2.84. The number of hydrogen-bond acceptors (Lipinski definition) is 2. The molecule has 0 radical (unpaired) electrons. The zero-order valence-corrected chi connectivity index (χ0v) is 18.3. The number of hydrogen-bond donors (Lipinski definition) is 1. The van der Waals surface area contributed by atoms with Gasteiger partial charge in [0.15, 0.2) is 0 Å². The summed E-state index contributed by atoms with van der Waals surface area (Å²) in [6.07, 6.45) is 0.863. The fraction of sp³-hybridized carbons (Fsp3) is 0.107. The van der Waals surface area contributed by atoms with Crippen molar-refractivity contribution >= 4 is 22.7 Å². The van der Waals surface area contributed by atoms with Gasteiger partial charge < -0.3 is 5.32 Å². The summed E-state index contributed by atoms with van der Waals surface area (Å²) >= 11 is 1.32. The Kier molecular flexibility index (Phi) is 6.54. The summed E-state index contributed by atoms with van der Waals surface area (Å²) in [5.74, 6) is 0. The van der Waals surface area contributed by atoms with Crippen LogP contribution in [0.2, 0.25) is 0 Å². The topological polar surface area (TPSA) is 29.1 Å². The zero-order valence-electron chi connectivity index (χ0n) is 17.5. The van der Waals surface area contributed by atoms with Crippen LogP contribution in [0.5, 0.6) is 0 Å². The summed E-state index contributed by atoms with van der Waals surface area (Å²) in [5, 5.41) is 3.06. The molecule has 0 saturated carbocycles. The van der Waals surface area contributed by atoms with E-state index in [4.69, 9.17) is 0 Å². The van der Waals surface area contributed by atoms with Crippen LogP contribution in [0.3, 0.4) is 0 Å². The van der Waals surface area contributed by atoms with E-state index >= 15 is 0 Å². The normalized spacial score (nSPS) is 11.1. The van der Waals surface area contributed by atoms with Crippen molar-refractivity contribution in [2.24, 2.45) is 0 Å². The lowest BCUT2D eigenvalue weighted by Crippen LogP contribution is -2.28. The van der Waals surface area contributed by atoms with E-state index in [1.165, 1.54) is 11.8 Å². The number of aryl methyl sites for hydroxylation is 1. The molecule has 0 aliphatic carbocycles. The Labute approximate surface area is 188 Å². The number of rotatable bonds is 6. The predicted molar refractivity (Wildman–Crippen MR) is 132 cm³/mol. The van der Waals surface area contributed by atoms with Crippen LogP contribution in [0.4, 0.5) is 10.5 Å². The molecule has 154 valence electrons. The summed E-state index contributed by atoms with van der Waals surface area (Å²) in [4.78, 5) is 13.5. The number of thioether (sulfide) groups is 1. The zero-order chi connectivity index (χ0) is 21.5. The fourth-order valence-corrected chi connectivity index (χ4v) is 5.12. The van der Waals surface area contributed by atoms with E-state index in [-0.39, 0.29) is 5.24 Å². The Hall–Kier alpha value is -3.30. The van der Waals surface area contributed by atoms with Crippen LogP contribution >= 0.6 is 11.8 Å². The van der Waals surface area contributed by atoms with Crippen LogP contribution in [0.1, 0.15) is 29.2 Å². The maximum atomic E-state index is 13.5. The number of benzene rings is 4. The molecule has 2 nitrogen and oxygen atoms in total. The molecule has 0 spiro atoms. The van der Waals surface area contributed by atoms with Gasteiger partial charge >= 0.3 is 0 Å². The third-order valence-electron chi connectivity index (χ3n) is 5.42. The molecule has 3 heteroatoms. The van der Waals surface area contributed by atoms with Crippen LogP contribution in [0, 0.1) is 0 Å². The largest absolute Gasteiger partial charge is 0.317 e. The second kappa shape index (κ2) is 9.67. The average molecular weight is 424 g/mol. The lowest BCUT2D eigenvalue weighted by molar-refractivity contribution is 0.269. The van der Waals surface area contributed by atoms with Gasteiger partial charge in [-0.1, -0.05) is 116 Å². The molecule has 31 heavy (non-hydrogen) atoms. The lowest BCUT2D eigenvalue weighted by Gasteiger charge is -2.34. The molecule has 4 aromatic carbocycles. The summed E-state index contributed by atoms with van der Waals surface area (Å²) in [6.45, 7) is 2.10. The first kappa shape index (κ1) is 21.0. The van der Waals surface area contributed by atoms with E-state index in [9.17, 15) is 4.79 Å². The highest BCUT2D eigenvalue weighted by molar-refractivity contribution is 8.15. The number of para-hydroxylation sites is 1. The third kappa shape index (κ3) is 4.42. The molecule has 0 atom stereocenters. The Balaban J connectivity index is 1.83. The van der Waals surface area contributed by atoms with E-state index in [1.54, 1.807) is 0 Å². The fourth-order valence-electron chi connectivity index (χ4n) is 3.92. The highest BCUT2D eigenvalue weighted by Gasteiger charge is 2.39. The molecule has 0 bridgehead atoms. The van der Waals surface area contributed by atoms with Gasteiger partial charge in [0, 0.05) is 5.69 Å². The van der Waals surface area contributed by atoms with Gasteiger partial charge in [0.05, 0.1) is 0 Å². The van der Waals surface area contributed by atoms with Crippen LogP contribution in [0.25, 0.3) is 0 Å². The second-order valence-electron chi connectivity index (χ2n) is 7.30. The van der Waals surface area contributed by atoms with Crippen molar-refractivity contribution in [2.75, 3.05) is 5.32 Å². The molecule has 1 N–H and O–H groups in total. The minimum absolute atomic E-state index is 0.0857. The van der Waals surface area contributed by atoms with Gasteiger partial charge in [-0.3, -0.25) is 4.79 Å². The van der Waals surface area contributed by atoms with Gasteiger partial charge in [0.2, 0.25) is 0 Å². The molecular formula is C28H25NOS. The third-order valence-corrected chi connectivity index (χ3v) is 6.72. The molecule has 0 aromatic heterocycles. The van der Waals surface area contributed by atoms with Crippen molar-refractivity contribution in [3.63, 3.8) is 0 Å². The monoisotopic (exact) mass is 423 g/mol. The van der Waals surface area contributed by atoms with Gasteiger partial charge in [-0.2, -0.15) is 0 Å². The molecular weight excluding hydrogens is 398 g/mol. The molecule has 0 fully saturated rings. The molecule has 4 aromatic rings. The number of nitrogens with one attached hydrogen (secondary N) is 1. The van der Waals surface area contributed by atoms with Gasteiger partial charge in [-0.15, -0.1) is 0 Å². The number of carbonyl (C=O) groups is 1. The van der Waals surface area contributed by atoms with Gasteiger partial charge in [0.25, 0.3) is 5.24 Å². The molecule has 0 aliphatic heterocycles. The van der Waals surface area contributed by atoms with E-state index in [2.05, 4.69) is 54.7 Å². The smallest absolute Gasteiger partial charge is 0.285 e. The standard InChI is InChI=1S/C28H25NOS/c1-2-22-14-12-13-21-26(22)29-27(30)31-28(23-15-6-3-7-16-23,24-17-8-4-9-18-24)25-19-10-5-11-20-25/h3-21H,2H2,1H3,(H,29,30). The molecule has 0 heterocycles. The predicted octanol–water partition coefficient (Wildman–Crippen LogP) is 7.51. The summed E-state index contributed by atoms with van der Waals surface area (Å²) in [7, 11) is 0. The minimum atomic E-state index is -0.672.